The van der Waals surface area contributed by atoms with E-state index in [1.807, 2.05) is 48.2 Å². The molecule has 43 heavy (non-hydrogen) atoms. The number of rotatable bonds is 6. The zero-order valence-electron chi connectivity index (χ0n) is 23.8. The summed E-state index contributed by atoms with van der Waals surface area (Å²) in [5, 5.41) is 11.9. The monoisotopic (exact) mass is 602 g/mol. The van der Waals surface area contributed by atoms with E-state index in [0.29, 0.717) is 52.3 Å². The largest absolute Gasteiger partial charge is 0.352 e. The molecule has 2 aliphatic rings. The van der Waals surface area contributed by atoms with E-state index in [0.717, 1.165) is 5.39 Å². The minimum Gasteiger partial charge on any atom is -0.352 e. The number of pyridine rings is 1. The molecule has 12 heteroatoms. The molecule has 0 N–H and O–H groups in total. The van der Waals surface area contributed by atoms with Gasteiger partial charge in [-0.2, -0.15) is 10.2 Å². The first-order chi connectivity index (χ1) is 20.7. The average molecular weight is 603 g/mol. The van der Waals surface area contributed by atoms with Crippen LogP contribution in [0.5, 0.6) is 0 Å². The van der Waals surface area contributed by atoms with Gasteiger partial charge in [-0.3, -0.25) is 9.78 Å². The van der Waals surface area contributed by atoms with Gasteiger partial charge in [0.2, 0.25) is 5.95 Å². The van der Waals surface area contributed by atoms with Gasteiger partial charge in [0, 0.05) is 60.9 Å². The lowest BCUT2D eigenvalue weighted by Gasteiger charge is -2.44. The van der Waals surface area contributed by atoms with E-state index in [1.165, 1.54) is 4.90 Å². The van der Waals surface area contributed by atoms with Gasteiger partial charge in [-0.05, 0) is 25.5 Å². The summed E-state index contributed by atoms with van der Waals surface area (Å²) in [5.41, 5.74) is 0.777. The van der Waals surface area contributed by atoms with Crippen LogP contribution in [0.1, 0.15) is 6.42 Å². The first-order valence-electron chi connectivity index (χ1n) is 13.9. The Kier molecular flexibility index (Phi) is 7.58. The molecule has 2 aliphatic heterocycles. The molecule has 0 spiro atoms. The molecule has 2 saturated heterocycles. The molecule has 0 saturated carbocycles. The molecule has 1 atom stereocenters. The number of nitriles is 1. The zero-order chi connectivity index (χ0) is 30.4. The molecular weight excluding hydrogens is 574 g/mol. The predicted octanol–water partition coefficient (Wildman–Crippen LogP) is 4.80. The SMILES string of the molecule is C=C(F)C(=O)N1CCN(c2nc(N3CC(N(C)C)C3)nc3c(F)c(-c4cccc5cccc(Cl)c45)ncc23)C[C@@H]1CC#N. The summed E-state index contributed by atoms with van der Waals surface area (Å²) in [6.07, 6.45) is 1.54. The normalized spacial score (nSPS) is 17.4. The summed E-state index contributed by atoms with van der Waals surface area (Å²) >= 11 is 6.56. The van der Waals surface area contributed by atoms with Crippen molar-refractivity contribution in [3.05, 3.63) is 65.8 Å². The second kappa shape index (κ2) is 11.4. The molecule has 4 aromatic rings. The lowest BCUT2D eigenvalue weighted by atomic mass is 10.0. The van der Waals surface area contributed by atoms with E-state index in [4.69, 9.17) is 21.6 Å². The third-order valence-electron chi connectivity index (χ3n) is 8.24. The van der Waals surface area contributed by atoms with Crippen molar-refractivity contribution in [3.8, 4) is 17.3 Å². The first kappa shape index (κ1) is 28.7. The number of amides is 1. The van der Waals surface area contributed by atoms with Crippen LogP contribution in [0, 0.1) is 17.1 Å². The summed E-state index contributed by atoms with van der Waals surface area (Å²) in [5.74, 6) is -1.70. The number of carbonyl (C=O) groups is 1. The predicted molar refractivity (Wildman–Crippen MR) is 163 cm³/mol. The van der Waals surface area contributed by atoms with Crippen molar-refractivity contribution in [1.29, 1.82) is 5.26 Å². The Balaban J connectivity index is 1.48. The number of fused-ring (bicyclic) bond motifs is 2. The second-order valence-electron chi connectivity index (χ2n) is 11.1. The molecule has 4 heterocycles. The molecule has 1 amide bonds. The molecule has 0 aliphatic carbocycles. The van der Waals surface area contributed by atoms with Crippen molar-refractivity contribution in [2.75, 3.05) is 56.6 Å². The van der Waals surface area contributed by atoms with Crippen molar-refractivity contribution < 1.29 is 13.6 Å². The van der Waals surface area contributed by atoms with E-state index in [1.54, 1.807) is 18.3 Å². The van der Waals surface area contributed by atoms with Gasteiger partial charge in [0.15, 0.2) is 11.6 Å². The van der Waals surface area contributed by atoms with E-state index in [9.17, 15) is 14.4 Å². The van der Waals surface area contributed by atoms with Gasteiger partial charge >= 0.3 is 0 Å². The molecule has 220 valence electrons. The molecular formula is C31H29ClF2N8O. The molecule has 2 aromatic heterocycles. The first-order valence-corrected chi connectivity index (χ1v) is 14.3. The van der Waals surface area contributed by atoms with Crippen LogP contribution in [0.3, 0.4) is 0 Å². The smallest absolute Gasteiger partial charge is 0.282 e. The van der Waals surface area contributed by atoms with Crippen LogP contribution in [-0.2, 0) is 4.79 Å². The van der Waals surface area contributed by atoms with Gasteiger partial charge in [0.25, 0.3) is 5.91 Å². The van der Waals surface area contributed by atoms with Crippen LogP contribution in [-0.4, -0.2) is 89.6 Å². The van der Waals surface area contributed by atoms with Crippen LogP contribution in [0.15, 0.2) is 55.0 Å². The van der Waals surface area contributed by atoms with Crippen molar-refractivity contribution in [1.82, 2.24) is 24.8 Å². The lowest BCUT2D eigenvalue weighted by Crippen LogP contribution is -2.58. The number of benzene rings is 2. The van der Waals surface area contributed by atoms with Crippen LogP contribution in [0.25, 0.3) is 32.9 Å². The van der Waals surface area contributed by atoms with Gasteiger partial charge in [-0.25, -0.2) is 13.8 Å². The number of aromatic nitrogens is 3. The van der Waals surface area contributed by atoms with Crippen LogP contribution in [0.4, 0.5) is 20.5 Å². The Morgan fingerprint density at radius 3 is 2.58 bits per heavy atom. The summed E-state index contributed by atoms with van der Waals surface area (Å²) < 4.78 is 30.4. The Labute approximate surface area is 252 Å². The van der Waals surface area contributed by atoms with Crippen molar-refractivity contribution in [2.45, 2.75) is 18.5 Å². The maximum Gasteiger partial charge on any atom is 0.282 e. The molecule has 2 aromatic carbocycles. The minimum atomic E-state index is -1.08. The highest BCUT2D eigenvalue weighted by molar-refractivity contribution is 6.36. The summed E-state index contributed by atoms with van der Waals surface area (Å²) in [6, 6.07) is 12.8. The number of carbonyl (C=O) groups excluding carboxylic acids is 1. The fraction of sp³-hybridized carbons (Fsp3) is 0.323. The van der Waals surface area contributed by atoms with E-state index in [-0.39, 0.29) is 37.3 Å². The molecule has 2 fully saturated rings. The Hall–Kier alpha value is -4.40. The quantitative estimate of drug-likeness (QED) is 0.291. The van der Waals surface area contributed by atoms with E-state index < -0.39 is 23.6 Å². The topological polar surface area (TPSA) is 92.5 Å². The van der Waals surface area contributed by atoms with Crippen molar-refractivity contribution in [2.24, 2.45) is 0 Å². The van der Waals surface area contributed by atoms with Crippen LogP contribution in [0.2, 0.25) is 5.02 Å². The van der Waals surface area contributed by atoms with Gasteiger partial charge < -0.3 is 19.6 Å². The number of likely N-dealkylation sites (N-methyl/N-ethyl adjacent to an activating group) is 1. The second-order valence-corrected chi connectivity index (χ2v) is 11.5. The van der Waals surface area contributed by atoms with Crippen molar-refractivity contribution in [3.63, 3.8) is 0 Å². The Morgan fingerprint density at radius 2 is 1.88 bits per heavy atom. The van der Waals surface area contributed by atoms with Gasteiger partial charge in [-0.15, -0.1) is 0 Å². The fourth-order valence-corrected chi connectivity index (χ4v) is 6.07. The molecule has 0 bridgehead atoms. The molecule has 0 unspecified atom stereocenters. The van der Waals surface area contributed by atoms with Gasteiger partial charge in [0.05, 0.1) is 23.9 Å². The van der Waals surface area contributed by atoms with Crippen LogP contribution >= 0.6 is 11.6 Å². The number of halogens is 3. The number of anilines is 2. The molecule has 0 radical (unpaired) electrons. The molecule has 6 rings (SSSR count). The third-order valence-corrected chi connectivity index (χ3v) is 8.55. The van der Waals surface area contributed by atoms with Gasteiger partial charge in [0.1, 0.15) is 17.0 Å². The summed E-state index contributed by atoms with van der Waals surface area (Å²) in [6.45, 7) is 5.11. The van der Waals surface area contributed by atoms with Crippen LogP contribution < -0.4 is 9.80 Å². The van der Waals surface area contributed by atoms with Gasteiger partial charge in [-0.1, -0.05) is 48.5 Å². The Bertz CT molecular complexity index is 1800. The summed E-state index contributed by atoms with van der Waals surface area (Å²) in [7, 11) is 4.01. The average Bonchev–Trinajstić information content (AvgIpc) is 2.96. The minimum absolute atomic E-state index is 0.0133. The highest BCUT2D eigenvalue weighted by Crippen LogP contribution is 2.38. The third kappa shape index (κ3) is 5.11. The van der Waals surface area contributed by atoms with E-state index in [2.05, 4.69) is 22.5 Å². The summed E-state index contributed by atoms with van der Waals surface area (Å²) in [4.78, 5) is 33.9. The maximum atomic E-state index is 16.6. The zero-order valence-corrected chi connectivity index (χ0v) is 24.5. The number of hydrogen-bond acceptors (Lipinski definition) is 8. The fourth-order valence-electron chi connectivity index (χ4n) is 5.79. The number of nitrogens with zero attached hydrogens (tertiary/aromatic N) is 8. The number of piperazine rings is 1. The highest BCUT2D eigenvalue weighted by atomic mass is 35.5. The maximum absolute atomic E-state index is 16.6. The lowest BCUT2D eigenvalue weighted by molar-refractivity contribution is -0.131. The van der Waals surface area contributed by atoms with E-state index >= 15 is 4.39 Å². The van der Waals surface area contributed by atoms with Crippen molar-refractivity contribution >= 4 is 50.9 Å². The Morgan fingerprint density at radius 1 is 1.14 bits per heavy atom. The number of hydrogen-bond donors (Lipinski definition) is 0. The highest BCUT2D eigenvalue weighted by Gasteiger charge is 2.35. The standard InChI is InChI=1S/C31H29ClF2N8O/c1-18(33)30(43)42-13-12-40(15-20(42)10-11-35)29-23-14-36-27(22-8-4-6-19-7-5-9-24(32)25(19)22)26(34)28(23)37-31(38-29)41-16-21(17-41)39(2)3/h4-9,14,20-21H,1,10,12-13,15-17H2,2-3H3/t20-/m0/s1. The molecule has 9 nitrogen and oxygen atoms in total.